The van der Waals surface area contributed by atoms with Gasteiger partial charge in [-0.3, -0.25) is 4.79 Å². The molecule has 9 heteroatoms. The first-order chi connectivity index (χ1) is 19.9. The molecule has 7 nitrogen and oxygen atoms in total. The number of likely N-dealkylation sites (tertiary alicyclic amines) is 1. The number of carbonyl (C=O) groups excluding carboxylic acids is 3. The number of halogens is 1. The molecule has 4 rings (SSSR count). The average Bonchev–Trinajstić information content (AvgIpc) is 3.42. The molecule has 0 aliphatic carbocycles. The first-order valence-corrected chi connectivity index (χ1v) is 15.4. The standard InChI is InChI=1S/C33H36ClNO6S/c1-7-39-31(37)33(4,5)41-30-20(2)16-23(17-21(30)3)27-18-35(32(38)40-25-12-10-24(34)11-13-25)19-28(27)29(36)22-8-14-26(42-6)15-9-22/h8-17,27-28H,7,18-19H2,1-6H3/t27-,28?/m1/s1. The van der Waals surface area contributed by atoms with Gasteiger partial charge in [0, 0.05) is 40.4 Å². The zero-order chi connectivity index (χ0) is 30.6. The second-order valence-electron chi connectivity index (χ2n) is 10.8. The summed E-state index contributed by atoms with van der Waals surface area (Å²) in [6.45, 7) is 9.71. The normalized spacial score (nSPS) is 16.7. The number of hydrogen-bond acceptors (Lipinski definition) is 7. The van der Waals surface area contributed by atoms with Crippen LogP contribution >= 0.6 is 23.4 Å². The van der Waals surface area contributed by atoms with Crippen LogP contribution in [-0.4, -0.2) is 54.3 Å². The molecule has 2 atom stereocenters. The van der Waals surface area contributed by atoms with Crippen molar-refractivity contribution < 1.29 is 28.6 Å². The quantitative estimate of drug-likeness (QED) is 0.141. The number of nitrogens with zero attached hydrogens (tertiary/aromatic N) is 1. The van der Waals surface area contributed by atoms with E-state index in [0.717, 1.165) is 21.6 Å². The average molecular weight is 610 g/mol. The van der Waals surface area contributed by atoms with Gasteiger partial charge < -0.3 is 19.1 Å². The molecule has 0 radical (unpaired) electrons. The molecule has 0 N–H and O–H groups in total. The Morgan fingerprint density at radius 2 is 1.60 bits per heavy atom. The highest BCUT2D eigenvalue weighted by Crippen LogP contribution is 2.39. The van der Waals surface area contributed by atoms with Crippen molar-refractivity contribution in [2.24, 2.45) is 5.92 Å². The van der Waals surface area contributed by atoms with Crippen molar-refractivity contribution in [2.75, 3.05) is 26.0 Å². The van der Waals surface area contributed by atoms with Crippen molar-refractivity contribution in [1.29, 1.82) is 0 Å². The number of benzene rings is 3. The zero-order valence-electron chi connectivity index (χ0n) is 24.7. The molecule has 1 saturated heterocycles. The molecular formula is C33H36ClNO6S. The van der Waals surface area contributed by atoms with Gasteiger partial charge in [-0.15, -0.1) is 11.8 Å². The van der Waals surface area contributed by atoms with Gasteiger partial charge in [0.2, 0.25) is 0 Å². The van der Waals surface area contributed by atoms with Gasteiger partial charge >= 0.3 is 12.1 Å². The number of rotatable bonds is 9. The Morgan fingerprint density at radius 1 is 0.976 bits per heavy atom. The van der Waals surface area contributed by atoms with E-state index in [1.807, 2.05) is 56.5 Å². The summed E-state index contributed by atoms with van der Waals surface area (Å²) < 4.78 is 17.0. The highest BCUT2D eigenvalue weighted by atomic mass is 35.5. The van der Waals surface area contributed by atoms with E-state index < -0.39 is 23.6 Å². The fourth-order valence-corrected chi connectivity index (χ4v) is 5.69. The molecule has 1 amide bonds. The lowest BCUT2D eigenvalue weighted by atomic mass is 9.82. The van der Waals surface area contributed by atoms with Gasteiger partial charge in [0.05, 0.1) is 6.61 Å². The van der Waals surface area contributed by atoms with E-state index in [1.165, 1.54) is 0 Å². The minimum Gasteiger partial charge on any atom is -0.476 e. The first-order valence-electron chi connectivity index (χ1n) is 13.8. The summed E-state index contributed by atoms with van der Waals surface area (Å²) in [6, 6.07) is 18.1. The number of aryl methyl sites for hydroxylation is 2. The van der Waals surface area contributed by atoms with Gasteiger partial charge in [0.15, 0.2) is 11.4 Å². The minimum atomic E-state index is -1.18. The van der Waals surface area contributed by atoms with Crippen molar-refractivity contribution in [3.8, 4) is 11.5 Å². The Bertz CT molecular complexity index is 1430. The van der Waals surface area contributed by atoms with E-state index in [4.69, 9.17) is 25.8 Å². The fraction of sp³-hybridized carbons (Fsp3) is 0.364. The number of hydrogen-bond donors (Lipinski definition) is 0. The topological polar surface area (TPSA) is 82.1 Å². The SMILES string of the molecule is CCOC(=O)C(C)(C)Oc1c(C)cc([C@H]2CN(C(=O)Oc3ccc(Cl)cc3)CC2C(=O)c2ccc(SC)cc2)cc1C. The minimum absolute atomic E-state index is 0.0338. The summed E-state index contributed by atoms with van der Waals surface area (Å²) >= 11 is 7.58. The van der Waals surface area contributed by atoms with Crippen molar-refractivity contribution in [1.82, 2.24) is 4.90 Å². The summed E-state index contributed by atoms with van der Waals surface area (Å²) in [4.78, 5) is 42.2. The third-order valence-corrected chi connectivity index (χ3v) is 8.34. The lowest BCUT2D eigenvalue weighted by molar-refractivity contribution is -0.158. The van der Waals surface area contributed by atoms with Crippen LogP contribution in [0, 0.1) is 19.8 Å². The summed E-state index contributed by atoms with van der Waals surface area (Å²) in [5, 5.41) is 0.540. The summed E-state index contributed by atoms with van der Waals surface area (Å²) in [6.07, 6.45) is 1.46. The molecule has 0 spiro atoms. The number of thioether (sulfide) groups is 1. The lowest BCUT2D eigenvalue weighted by Gasteiger charge is -2.27. The van der Waals surface area contributed by atoms with E-state index in [1.54, 1.807) is 61.7 Å². The maximum Gasteiger partial charge on any atom is 0.415 e. The number of Topliss-reactive ketones (excluding diaryl/α,β-unsaturated/α-hetero) is 1. The maximum atomic E-state index is 13.9. The Balaban J connectivity index is 1.65. The van der Waals surface area contributed by atoms with Crippen LogP contribution in [0.1, 0.15) is 53.7 Å². The van der Waals surface area contributed by atoms with Crippen LogP contribution < -0.4 is 9.47 Å². The van der Waals surface area contributed by atoms with Crippen LogP contribution in [-0.2, 0) is 9.53 Å². The van der Waals surface area contributed by atoms with Gasteiger partial charge in [-0.1, -0.05) is 35.9 Å². The highest BCUT2D eigenvalue weighted by Gasteiger charge is 2.42. The molecular weight excluding hydrogens is 574 g/mol. The molecule has 3 aromatic rings. The van der Waals surface area contributed by atoms with Crippen LogP contribution in [0.25, 0.3) is 0 Å². The second kappa shape index (κ2) is 13.2. The van der Waals surface area contributed by atoms with E-state index in [-0.39, 0.29) is 24.9 Å². The molecule has 1 aliphatic rings. The van der Waals surface area contributed by atoms with Crippen LogP contribution in [0.3, 0.4) is 0 Å². The van der Waals surface area contributed by atoms with Crippen LogP contribution in [0.5, 0.6) is 11.5 Å². The van der Waals surface area contributed by atoms with Gasteiger partial charge in [0.25, 0.3) is 0 Å². The smallest absolute Gasteiger partial charge is 0.415 e. The predicted octanol–water partition coefficient (Wildman–Crippen LogP) is 7.50. The molecule has 1 unspecified atom stereocenters. The number of amides is 1. The van der Waals surface area contributed by atoms with Gasteiger partial charge in [0.1, 0.15) is 11.5 Å². The van der Waals surface area contributed by atoms with Crippen molar-refractivity contribution in [2.45, 2.75) is 51.0 Å². The largest absolute Gasteiger partial charge is 0.476 e. The van der Waals surface area contributed by atoms with Gasteiger partial charge in [-0.2, -0.15) is 0 Å². The van der Waals surface area contributed by atoms with Crippen molar-refractivity contribution >= 4 is 41.2 Å². The number of esters is 1. The van der Waals surface area contributed by atoms with Gasteiger partial charge in [-0.25, -0.2) is 9.59 Å². The predicted molar refractivity (Wildman–Crippen MR) is 165 cm³/mol. The van der Waals surface area contributed by atoms with E-state index >= 15 is 0 Å². The molecule has 1 fully saturated rings. The summed E-state index contributed by atoms with van der Waals surface area (Å²) in [5.74, 6) is -0.278. The third-order valence-electron chi connectivity index (χ3n) is 7.34. The van der Waals surface area contributed by atoms with E-state index in [0.29, 0.717) is 28.6 Å². The van der Waals surface area contributed by atoms with E-state index in [2.05, 4.69) is 0 Å². The molecule has 0 bridgehead atoms. The highest BCUT2D eigenvalue weighted by molar-refractivity contribution is 7.98. The Morgan fingerprint density at radius 3 is 2.17 bits per heavy atom. The molecule has 0 aromatic heterocycles. The number of ether oxygens (including phenoxy) is 3. The number of carbonyl (C=O) groups is 3. The first kappa shape index (κ1) is 31.4. The Labute approximate surface area is 256 Å². The molecule has 0 saturated carbocycles. The third kappa shape index (κ3) is 7.10. The summed E-state index contributed by atoms with van der Waals surface area (Å²) in [7, 11) is 0. The fourth-order valence-electron chi connectivity index (χ4n) is 5.15. The lowest BCUT2D eigenvalue weighted by Crippen LogP contribution is -2.40. The van der Waals surface area contributed by atoms with Crippen molar-refractivity contribution in [3.63, 3.8) is 0 Å². The zero-order valence-corrected chi connectivity index (χ0v) is 26.3. The van der Waals surface area contributed by atoms with Crippen LogP contribution in [0.2, 0.25) is 5.02 Å². The van der Waals surface area contributed by atoms with Gasteiger partial charge in [-0.05, 0) is 94.0 Å². The van der Waals surface area contributed by atoms with Crippen LogP contribution in [0.15, 0.2) is 65.6 Å². The second-order valence-corrected chi connectivity index (χ2v) is 12.2. The molecule has 42 heavy (non-hydrogen) atoms. The molecule has 1 aliphatic heterocycles. The number of ketones is 1. The molecule has 3 aromatic carbocycles. The Hall–Kier alpha value is -3.49. The van der Waals surface area contributed by atoms with Crippen LogP contribution in [0.4, 0.5) is 4.79 Å². The Kier molecular flexibility index (Phi) is 9.89. The van der Waals surface area contributed by atoms with Crippen molar-refractivity contribution in [3.05, 3.63) is 87.9 Å². The molecule has 1 heterocycles. The van der Waals surface area contributed by atoms with E-state index in [9.17, 15) is 14.4 Å². The monoisotopic (exact) mass is 609 g/mol. The maximum absolute atomic E-state index is 13.9. The molecule has 222 valence electrons. The summed E-state index contributed by atoms with van der Waals surface area (Å²) in [5.41, 5.74) is 1.97.